The number of rotatable bonds is 2. The first kappa shape index (κ1) is 42.6. The zero-order valence-corrected chi connectivity index (χ0v) is 30.1. The Morgan fingerprint density at radius 3 is 1.39 bits per heavy atom. The lowest BCUT2D eigenvalue weighted by molar-refractivity contribution is 0.348. The van der Waals surface area contributed by atoms with Crippen LogP contribution in [-0.4, -0.2) is 0 Å². The molecule has 254 valence electrons. The summed E-state index contributed by atoms with van der Waals surface area (Å²) < 4.78 is 0. The van der Waals surface area contributed by atoms with E-state index in [1.807, 2.05) is 41.5 Å². The van der Waals surface area contributed by atoms with Crippen molar-refractivity contribution in [3.63, 3.8) is 0 Å². The van der Waals surface area contributed by atoms with Gasteiger partial charge in [0.25, 0.3) is 0 Å². The Morgan fingerprint density at radius 1 is 0.478 bits per heavy atom. The van der Waals surface area contributed by atoms with Crippen molar-refractivity contribution in [2.75, 3.05) is 0 Å². The van der Waals surface area contributed by atoms with E-state index in [1.165, 1.54) is 91.7 Å². The number of fused-ring (bicyclic) bond motifs is 2. The smallest absolute Gasteiger partial charge is 0 e. The summed E-state index contributed by atoms with van der Waals surface area (Å²) in [4.78, 5) is 0. The standard InChI is InChI=1S/C22H28.C16H14.3C2H6.2CH4.H2/c1-15-5-8-19(9-6-15)20-10-12-21(13-11-20)22-14-7-16(2)17(3)18(22)4;1-11-3-5-13-10-16-8-12(2)4-6-14(16)9-15(13)7-11;3*1-2;;;/h7,10-15,19H,5-6,8-9H2,1-4H3;3-10H,1-2H3;3*1-2H3;2*1H4;1H. The molecule has 0 heterocycles. The predicted octanol–water partition coefficient (Wildman–Crippen LogP) is 15.8. The Balaban J connectivity index is 0. The lowest BCUT2D eigenvalue weighted by atomic mass is 9.79. The monoisotopic (exact) mass is 623 g/mol. The summed E-state index contributed by atoms with van der Waals surface area (Å²) in [5.41, 5.74) is 11.1. The third-order valence-electron chi connectivity index (χ3n) is 8.87. The summed E-state index contributed by atoms with van der Waals surface area (Å²) in [6.07, 6.45) is 5.51. The molecule has 0 atom stereocenters. The van der Waals surface area contributed by atoms with Crippen molar-refractivity contribution >= 4 is 21.5 Å². The molecule has 0 N–H and O–H groups in total. The molecule has 46 heavy (non-hydrogen) atoms. The second-order valence-electron chi connectivity index (χ2n) is 11.8. The molecule has 0 saturated heterocycles. The zero-order chi connectivity index (χ0) is 32.8. The highest BCUT2D eigenvalue weighted by molar-refractivity contribution is 5.98. The van der Waals surface area contributed by atoms with Gasteiger partial charge >= 0.3 is 0 Å². The summed E-state index contributed by atoms with van der Waals surface area (Å²) in [5, 5.41) is 5.31. The van der Waals surface area contributed by atoms with Crippen molar-refractivity contribution < 1.29 is 1.43 Å². The largest absolute Gasteiger partial charge is 0.0776 e. The molecule has 0 unspecified atom stereocenters. The van der Waals surface area contributed by atoms with Gasteiger partial charge in [0, 0.05) is 1.43 Å². The third kappa shape index (κ3) is 11.2. The van der Waals surface area contributed by atoms with Crippen LogP contribution in [0.25, 0.3) is 32.7 Å². The second-order valence-corrected chi connectivity index (χ2v) is 11.8. The van der Waals surface area contributed by atoms with Gasteiger partial charge in [-0.1, -0.05) is 160 Å². The molecule has 5 aromatic rings. The van der Waals surface area contributed by atoms with Crippen molar-refractivity contribution in [3.05, 3.63) is 118 Å². The van der Waals surface area contributed by atoms with Crippen molar-refractivity contribution in [2.24, 2.45) is 5.92 Å². The Morgan fingerprint density at radius 2 is 0.935 bits per heavy atom. The van der Waals surface area contributed by atoms with E-state index in [-0.39, 0.29) is 16.3 Å². The number of hydrogen-bond donors (Lipinski definition) is 0. The highest BCUT2D eigenvalue weighted by Gasteiger charge is 2.19. The molecule has 0 heteroatoms. The van der Waals surface area contributed by atoms with Crippen LogP contribution >= 0.6 is 0 Å². The van der Waals surface area contributed by atoms with Gasteiger partial charge in [-0.2, -0.15) is 0 Å². The molecule has 0 aromatic heterocycles. The van der Waals surface area contributed by atoms with Gasteiger partial charge < -0.3 is 0 Å². The Hall–Kier alpha value is -3.38. The summed E-state index contributed by atoms with van der Waals surface area (Å²) in [6, 6.07) is 31.7. The molecule has 0 amide bonds. The molecule has 5 aromatic carbocycles. The van der Waals surface area contributed by atoms with Gasteiger partial charge in [-0.3, -0.25) is 0 Å². The average molecular weight is 623 g/mol. The Bertz CT molecular complexity index is 1510. The van der Waals surface area contributed by atoms with Crippen LogP contribution in [0.5, 0.6) is 0 Å². The molecule has 1 aliphatic rings. The van der Waals surface area contributed by atoms with E-state index in [9.17, 15) is 0 Å². The van der Waals surface area contributed by atoms with Crippen molar-refractivity contribution in [3.8, 4) is 11.1 Å². The Labute approximate surface area is 287 Å². The maximum absolute atomic E-state index is 2.39. The van der Waals surface area contributed by atoms with Crippen LogP contribution in [0, 0.1) is 40.5 Å². The first-order chi connectivity index (χ1) is 21.3. The molecule has 1 saturated carbocycles. The van der Waals surface area contributed by atoms with E-state index in [0.717, 1.165) is 11.8 Å². The fourth-order valence-corrected chi connectivity index (χ4v) is 6.03. The minimum Gasteiger partial charge on any atom is -0.0776 e. The molecule has 6 rings (SSSR count). The molecule has 1 fully saturated rings. The quantitative estimate of drug-likeness (QED) is 0.172. The van der Waals surface area contributed by atoms with E-state index in [0.29, 0.717) is 0 Å². The fraction of sp³-hybridized carbons (Fsp3) is 0.435. The number of benzene rings is 5. The minimum atomic E-state index is 0. The molecule has 0 radical (unpaired) electrons. The maximum Gasteiger partial charge on any atom is 0 e. The van der Waals surface area contributed by atoms with Gasteiger partial charge in [0.15, 0.2) is 0 Å². The van der Waals surface area contributed by atoms with Crippen LogP contribution in [0.4, 0.5) is 0 Å². The lowest BCUT2D eigenvalue weighted by Crippen LogP contribution is -2.10. The Kier molecular flexibility index (Phi) is 19.8. The highest BCUT2D eigenvalue weighted by atomic mass is 14.2. The average Bonchev–Trinajstić information content (AvgIpc) is 3.06. The first-order valence-electron chi connectivity index (χ1n) is 17.4. The van der Waals surface area contributed by atoms with Crippen molar-refractivity contribution in [1.82, 2.24) is 0 Å². The third-order valence-corrected chi connectivity index (χ3v) is 8.87. The summed E-state index contributed by atoms with van der Waals surface area (Å²) in [7, 11) is 0. The van der Waals surface area contributed by atoms with E-state index in [2.05, 4.69) is 126 Å². The predicted molar refractivity (Wildman–Crippen MR) is 217 cm³/mol. The fourth-order valence-electron chi connectivity index (χ4n) is 6.03. The zero-order valence-electron chi connectivity index (χ0n) is 30.1. The summed E-state index contributed by atoms with van der Waals surface area (Å²) in [5.74, 6) is 1.71. The van der Waals surface area contributed by atoms with Gasteiger partial charge in [-0.25, -0.2) is 0 Å². The van der Waals surface area contributed by atoms with E-state index < -0.39 is 0 Å². The normalized spacial score (nSPS) is 14.7. The maximum atomic E-state index is 2.39. The van der Waals surface area contributed by atoms with Crippen LogP contribution in [0.1, 0.15) is 130 Å². The molecule has 1 aliphatic carbocycles. The first-order valence-corrected chi connectivity index (χ1v) is 17.4. The van der Waals surface area contributed by atoms with Gasteiger partial charge in [0.2, 0.25) is 0 Å². The van der Waals surface area contributed by atoms with Crippen molar-refractivity contribution in [2.45, 2.75) is 130 Å². The van der Waals surface area contributed by atoms with Crippen LogP contribution in [0.15, 0.2) is 84.9 Å². The number of aryl methyl sites for hydroxylation is 3. The van der Waals surface area contributed by atoms with E-state index in [1.54, 1.807) is 0 Å². The van der Waals surface area contributed by atoms with Gasteiger partial charge in [0.1, 0.15) is 0 Å². The van der Waals surface area contributed by atoms with Gasteiger partial charge in [0.05, 0.1) is 0 Å². The minimum absolute atomic E-state index is 0. The highest BCUT2D eigenvalue weighted by Crippen LogP contribution is 2.36. The van der Waals surface area contributed by atoms with E-state index in [4.69, 9.17) is 0 Å². The van der Waals surface area contributed by atoms with Crippen molar-refractivity contribution in [1.29, 1.82) is 0 Å². The van der Waals surface area contributed by atoms with E-state index >= 15 is 0 Å². The molecular weight excluding hydrogens is 553 g/mol. The lowest BCUT2D eigenvalue weighted by Gasteiger charge is -2.26. The van der Waals surface area contributed by atoms with Gasteiger partial charge in [-0.15, -0.1) is 0 Å². The van der Waals surface area contributed by atoms with Crippen LogP contribution < -0.4 is 0 Å². The molecule has 0 spiro atoms. The van der Waals surface area contributed by atoms with Crippen LogP contribution in [0.2, 0.25) is 0 Å². The molecule has 0 bridgehead atoms. The molecule has 0 nitrogen and oxygen atoms in total. The topological polar surface area (TPSA) is 0 Å². The second kappa shape index (κ2) is 21.4. The molecule has 0 aliphatic heterocycles. The molecular formula is C46H70. The van der Waals surface area contributed by atoms with Gasteiger partial charge in [-0.05, 0) is 126 Å². The summed E-state index contributed by atoms with van der Waals surface area (Å²) in [6.45, 7) is 25.3. The van der Waals surface area contributed by atoms with Crippen LogP contribution in [-0.2, 0) is 0 Å². The van der Waals surface area contributed by atoms with Crippen LogP contribution in [0.3, 0.4) is 0 Å². The SMILES string of the molecule is C.C.CC.CC.CC.Cc1ccc(-c2ccc(C3CCC(C)CC3)cc2)c(C)c1C.Cc1ccc2cc3cc(C)ccc3cc2c1.[HH]. The number of hydrogen-bond acceptors (Lipinski definition) is 0. The summed E-state index contributed by atoms with van der Waals surface area (Å²) >= 11 is 0.